The van der Waals surface area contributed by atoms with Crippen LogP contribution in [0.5, 0.6) is 5.75 Å². The van der Waals surface area contributed by atoms with Gasteiger partial charge in [0.05, 0.1) is 7.11 Å². The first-order chi connectivity index (χ1) is 9.33. The third-order valence-electron chi connectivity index (χ3n) is 3.21. The maximum Gasteiger partial charge on any atom is 0.146 e. The van der Waals surface area contributed by atoms with E-state index >= 15 is 0 Å². The Morgan fingerprint density at radius 1 is 1.16 bits per heavy atom. The van der Waals surface area contributed by atoms with Crippen molar-refractivity contribution in [3.63, 3.8) is 0 Å². The Hall–Kier alpha value is -2.36. The fourth-order valence-electron chi connectivity index (χ4n) is 2.24. The number of fused-ring (bicyclic) bond motifs is 1. The first-order valence-electron chi connectivity index (χ1n) is 6.29. The highest BCUT2D eigenvalue weighted by Gasteiger charge is 2.09. The molecule has 2 aromatic heterocycles. The number of nitrogens with zero attached hydrogens (tertiary/aromatic N) is 3. The van der Waals surface area contributed by atoms with Crippen LogP contribution >= 0.6 is 0 Å². The lowest BCUT2D eigenvalue weighted by Crippen LogP contribution is -2.02. The summed E-state index contributed by atoms with van der Waals surface area (Å²) in [5.41, 5.74) is 0. The molecule has 1 aromatic carbocycles. The normalized spacial score (nSPS) is 10.8. The molecule has 19 heavy (non-hydrogen) atoms. The molecule has 0 saturated heterocycles. The van der Waals surface area contributed by atoms with Gasteiger partial charge in [-0.3, -0.25) is 4.57 Å². The van der Waals surface area contributed by atoms with Crippen molar-refractivity contribution >= 4 is 10.8 Å². The quantitative estimate of drug-likeness (QED) is 0.720. The number of aromatic nitrogens is 3. The Labute approximate surface area is 111 Å². The van der Waals surface area contributed by atoms with Gasteiger partial charge in [0.1, 0.15) is 17.4 Å². The predicted molar refractivity (Wildman–Crippen MR) is 74.8 cm³/mol. The van der Waals surface area contributed by atoms with Crippen molar-refractivity contribution in [2.24, 2.45) is 0 Å². The minimum Gasteiger partial charge on any atom is -0.497 e. The molecule has 0 radical (unpaired) electrons. The number of rotatable bonds is 3. The van der Waals surface area contributed by atoms with Crippen LogP contribution in [-0.2, 0) is 6.42 Å². The summed E-state index contributed by atoms with van der Waals surface area (Å²) in [5, 5.41) is 2.20. The third-order valence-corrected chi connectivity index (χ3v) is 3.21. The van der Waals surface area contributed by atoms with Crippen molar-refractivity contribution in [1.82, 2.24) is 14.5 Å². The molecule has 0 N–H and O–H groups in total. The molecule has 0 aliphatic heterocycles. The van der Waals surface area contributed by atoms with E-state index in [0.717, 1.165) is 34.6 Å². The van der Waals surface area contributed by atoms with Crippen LogP contribution in [-0.4, -0.2) is 21.6 Å². The van der Waals surface area contributed by atoms with Crippen molar-refractivity contribution in [3.8, 4) is 11.6 Å². The second-order valence-corrected chi connectivity index (χ2v) is 4.29. The zero-order chi connectivity index (χ0) is 13.2. The summed E-state index contributed by atoms with van der Waals surface area (Å²) in [7, 11) is 1.67. The fraction of sp³-hybridized carbons (Fsp3) is 0.200. The SMILES string of the molecule is CCc1nccn1-c1nccc2ccc(OC)cc12. The van der Waals surface area contributed by atoms with E-state index in [4.69, 9.17) is 4.74 Å². The smallest absolute Gasteiger partial charge is 0.146 e. The van der Waals surface area contributed by atoms with Gasteiger partial charge < -0.3 is 4.74 Å². The molecule has 4 nitrogen and oxygen atoms in total. The molecular weight excluding hydrogens is 238 g/mol. The number of pyridine rings is 1. The first kappa shape index (κ1) is 11.7. The molecule has 0 spiro atoms. The van der Waals surface area contributed by atoms with Crippen LogP contribution < -0.4 is 4.74 Å². The molecule has 0 bridgehead atoms. The van der Waals surface area contributed by atoms with Gasteiger partial charge in [-0.15, -0.1) is 0 Å². The van der Waals surface area contributed by atoms with Gasteiger partial charge >= 0.3 is 0 Å². The van der Waals surface area contributed by atoms with Crippen molar-refractivity contribution in [1.29, 1.82) is 0 Å². The lowest BCUT2D eigenvalue weighted by Gasteiger charge is -2.10. The van der Waals surface area contributed by atoms with Crippen LogP contribution in [0.25, 0.3) is 16.6 Å². The topological polar surface area (TPSA) is 39.9 Å². The largest absolute Gasteiger partial charge is 0.497 e. The van der Waals surface area contributed by atoms with Gasteiger partial charge in [0.25, 0.3) is 0 Å². The number of benzene rings is 1. The molecule has 0 aliphatic carbocycles. The third kappa shape index (κ3) is 1.95. The second kappa shape index (κ2) is 4.72. The van der Waals surface area contributed by atoms with Crippen LogP contribution in [0, 0.1) is 0 Å². The molecule has 0 amide bonds. The van der Waals surface area contributed by atoms with Crippen LogP contribution in [0.3, 0.4) is 0 Å². The van der Waals surface area contributed by atoms with Gasteiger partial charge in [-0.2, -0.15) is 0 Å². The van der Waals surface area contributed by atoms with E-state index in [9.17, 15) is 0 Å². The molecule has 0 atom stereocenters. The average molecular weight is 253 g/mol. The van der Waals surface area contributed by atoms with E-state index in [1.54, 1.807) is 13.3 Å². The summed E-state index contributed by atoms with van der Waals surface area (Å²) in [6, 6.07) is 8.01. The maximum atomic E-state index is 5.30. The van der Waals surface area contributed by atoms with Crippen molar-refractivity contribution in [3.05, 3.63) is 48.7 Å². The first-order valence-corrected chi connectivity index (χ1v) is 6.29. The number of hydrogen-bond donors (Lipinski definition) is 0. The molecule has 0 unspecified atom stereocenters. The molecule has 0 fully saturated rings. The minimum atomic E-state index is 0.833. The monoisotopic (exact) mass is 253 g/mol. The van der Waals surface area contributed by atoms with Crippen LogP contribution in [0.4, 0.5) is 0 Å². The van der Waals surface area contributed by atoms with E-state index < -0.39 is 0 Å². The molecule has 2 heterocycles. The summed E-state index contributed by atoms with van der Waals surface area (Å²) in [6.07, 6.45) is 6.44. The Balaban J connectivity index is 2.28. The van der Waals surface area contributed by atoms with Gasteiger partial charge in [0, 0.05) is 30.4 Å². The zero-order valence-corrected chi connectivity index (χ0v) is 11.0. The summed E-state index contributed by atoms with van der Waals surface area (Å²) in [6.45, 7) is 2.09. The lowest BCUT2D eigenvalue weighted by molar-refractivity contribution is 0.415. The van der Waals surface area contributed by atoms with Crippen molar-refractivity contribution < 1.29 is 4.74 Å². The number of imidazole rings is 1. The summed E-state index contributed by atoms with van der Waals surface area (Å²) < 4.78 is 7.33. The zero-order valence-electron chi connectivity index (χ0n) is 11.0. The van der Waals surface area contributed by atoms with E-state index in [0.29, 0.717) is 0 Å². The van der Waals surface area contributed by atoms with E-state index in [-0.39, 0.29) is 0 Å². The molecule has 3 aromatic rings. The average Bonchev–Trinajstić information content (AvgIpc) is 2.94. The molecular formula is C15H15N3O. The van der Waals surface area contributed by atoms with Gasteiger partial charge in [0.15, 0.2) is 0 Å². The van der Waals surface area contributed by atoms with Crippen molar-refractivity contribution in [2.75, 3.05) is 7.11 Å². The summed E-state index contributed by atoms with van der Waals surface area (Å²) in [5.74, 6) is 2.73. The molecule has 96 valence electrons. The minimum absolute atomic E-state index is 0.833. The predicted octanol–water partition coefficient (Wildman–Crippen LogP) is 2.99. The van der Waals surface area contributed by atoms with E-state index in [2.05, 4.69) is 16.9 Å². The molecule has 4 heteroatoms. The van der Waals surface area contributed by atoms with E-state index in [1.165, 1.54) is 0 Å². The van der Waals surface area contributed by atoms with Gasteiger partial charge in [0.2, 0.25) is 0 Å². The standard InChI is InChI=1S/C15H15N3O/c1-3-14-16-8-9-18(14)15-13-10-12(19-2)5-4-11(13)6-7-17-15/h4-10H,3H2,1-2H3. The van der Waals surface area contributed by atoms with Gasteiger partial charge in [-0.05, 0) is 23.6 Å². The molecule has 0 saturated carbocycles. The fourth-order valence-corrected chi connectivity index (χ4v) is 2.24. The summed E-state index contributed by atoms with van der Waals surface area (Å²) >= 11 is 0. The van der Waals surface area contributed by atoms with Crippen LogP contribution in [0.15, 0.2) is 42.9 Å². The number of ether oxygens (including phenoxy) is 1. The van der Waals surface area contributed by atoms with Gasteiger partial charge in [-0.1, -0.05) is 13.0 Å². The second-order valence-electron chi connectivity index (χ2n) is 4.29. The Morgan fingerprint density at radius 2 is 2.05 bits per heavy atom. The number of aryl methyl sites for hydroxylation is 1. The highest BCUT2D eigenvalue weighted by atomic mass is 16.5. The maximum absolute atomic E-state index is 5.30. The molecule has 0 aliphatic rings. The van der Waals surface area contributed by atoms with Crippen molar-refractivity contribution in [2.45, 2.75) is 13.3 Å². The number of hydrogen-bond acceptors (Lipinski definition) is 3. The van der Waals surface area contributed by atoms with E-state index in [1.807, 2.05) is 41.2 Å². The summed E-state index contributed by atoms with van der Waals surface area (Å²) in [4.78, 5) is 8.85. The Bertz CT molecular complexity index is 718. The van der Waals surface area contributed by atoms with Crippen LogP contribution in [0.2, 0.25) is 0 Å². The van der Waals surface area contributed by atoms with Crippen LogP contribution in [0.1, 0.15) is 12.7 Å². The van der Waals surface area contributed by atoms with Gasteiger partial charge in [-0.25, -0.2) is 9.97 Å². The molecule has 3 rings (SSSR count). The highest BCUT2D eigenvalue weighted by Crippen LogP contribution is 2.25. The Kier molecular flexibility index (Phi) is 2.91. The number of methoxy groups -OCH3 is 1. The highest BCUT2D eigenvalue weighted by molar-refractivity contribution is 5.89. The lowest BCUT2D eigenvalue weighted by atomic mass is 10.1. The Morgan fingerprint density at radius 3 is 2.84 bits per heavy atom.